The first-order valence-electron chi connectivity index (χ1n) is 13.2. The van der Waals surface area contributed by atoms with Crippen LogP contribution in [0.1, 0.15) is 48.1 Å². The summed E-state index contributed by atoms with van der Waals surface area (Å²) in [5.41, 5.74) is 6.96. The van der Waals surface area contributed by atoms with E-state index in [9.17, 15) is 5.26 Å². The molecular weight excluding hydrogens is 490 g/mol. The van der Waals surface area contributed by atoms with Gasteiger partial charge in [-0.25, -0.2) is 4.98 Å². The standard InChI is InChI=1S/C32H30ClN5/c1-22(2)26-20-30(38-29-11-7-6-10-28(29)35-32(38)27(26)21-34)36-16-18-37(19-17-36)31(23-8-4-3-5-9-23)24-12-14-25(33)15-13-24/h3-15,20,22,31H,16-19H2,1-2H3. The van der Waals surface area contributed by atoms with Crippen molar-refractivity contribution in [3.8, 4) is 6.07 Å². The molecule has 5 nitrogen and oxygen atoms in total. The molecule has 0 aliphatic carbocycles. The zero-order valence-electron chi connectivity index (χ0n) is 21.7. The first-order valence-corrected chi connectivity index (χ1v) is 13.6. The van der Waals surface area contributed by atoms with Gasteiger partial charge in [-0.3, -0.25) is 9.30 Å². The molecule has 2 aromatic heterocycles. The van der Waals surface area contributed by atoms with E-state index in [1.807, 2.05) is 30.3 Å². The molecule has 0 N–H and O–H groups in total. The van der Waals surface area contributed by atoms with Gasteiger partial charge in [-0.05, 0) is 52.9 Å². The largest absolute Gasteiger partial charge is 0.355 e. The van der Waals surface area contributed by atoms with Gasteiger partial charge in [0.25, 0.3) is 0 Å². The average Bonchev–Trinajstić information content (AvgIpc) is 3.34. The van der Waals surface area contributed by atoms with Crippen LogP contribution in [-0.2, 0) is 0 Å². The molecule has 0 bridgehead atoms. The lowest BCUT2D eigenvalue weighted by Gasteiger charge is -2.41. The summed E-state index contributed by atoms with van der Waals surface area (Å²) in [5.74, 6) is 1.33. The number of benzene rings is 3. The van der Waals surface area contributed by atoms with Crippen molar-refractivity contribution in [1.82, 2.24) is 14.3 Å². The molecule has 6 heteroatoms. The molecule has 190 valence electrons. The number of pyridine rings is 1. The molecule has 3 heterocycles. The van der Waals surface area contributed by atoms with Crippen molar-refractivity contribution in [2.75, 3.05) is 31.1 Å². The number of nitrogens with zero attached hydrogens (tertiary/aromatic N) is 5. The fourth-order valence-corrected chi connectivity index (χ4v) is 5.86. The van der Waals surface area contributed by atoms with Crippen LogP contribution in [0.2, 0.25) is 5.02 Å². The molecule has 1 unspecified atom stereocenters. The highest BCUT2D eigenvalue weighted by Gasteiger charge is 2.29. The van der Waals surface area contributed by atoms with Crippen LogP contribution < -0.4 is 4.90 Å². The molecule has 1 aliphatic heterocycles. The molecule has 3 aromatic carbocycles. The van der Waals surface area contributed by atoms with Crippen molar-refractivity contribution in [2.45, 2.75) is 25.8 Å². The number of piperazine rings is 1. The summed E-state index contributed by atoms with van der Waals surface area (Å²) in [4.78, 5) is 9.92. The van der Waals surface area contributed by atoms with Gasteiger partial charge in [-0.15, -0.1) is 0 Å². The van der Waals surface area contributed by atoms with E-state index in [-0.39, 0.29) is 12.0 Å². The van der Waals surface area contributed by atoms with E-state index in [1.165, 1.54) is 11.1 Å². The first-order chi connectivity index (χ1) is 18.5. The third-order valence-electron chi connectivity index (χ3n) is 7.63. The number of aromatic nitrogens is 2. The number of hydrogen-bond donors (Lipinski definition) is 0. The zero-order valence-corrected chi connectivity index (χ0v) is 22.4. The maximum atomic E-state index is 10.1. The Bertz CT molecular complexity index is 1620. The van der Waals surface area contributed by atoms with Crippen LogP contribution in [0.15, 0.2) is 84.9 Å². The molecule has 6 rings (SSSR count). The van der Waals surface area contributed by atoms with Crippen LogP contribution in [0.3, 0.4) is 0 Å². The molecule has 1 atom stereocenters. The summed E-state index contributed by atoms with van der Waals surface area (Å²) in [7, 11) is 0. The topological polar surface area (TPSA) is 47.6 Å². The number of hydrogen-bond acceptors (Lipinski definition) is 4. The van der Waals surface area contributed by atoms with E-state index in [1.54, 1.807) is 0 Å². The van der Waals surface area contributed by atoms with Crippen molar-refractivity contribution in [3.63, 3.8) is 0 Å². The molecule has 0 amide bonds. The summed E-state index contributed by atoms with van der Waals surface area (Å²) < 4.78 is 2.18. The summed E-state index contributed by atoms with van der Waals surface area (Å²) in [6.45, 7) is 7.87. The van der Waals surface area contributed by atoms with Crippen molar-refractivity contribution < 1.29 is 0 Å². The molecule has 1 fully saturated rings. The Kier molecular flexibility index (Phi) is 6.53. The van der Waals surface area contributed by atoms with E-state index in [0.717, 1.165) is 59.3 Å². The third kappa shape index (κ3) is 4.30. The summed E-state index contributed by atoms with van der Waals surface area (Å²) in [5, 5.41) is 10.8. The van der Waals surface area contributed by atoms with Gasteiger partial charge in [0.1, 0.15) is 11.9 Å². The number of fused-ring (bicyclic) bond motifs is 3. The van der Waals surface area contributed by atoms with Gasteiger partial charge in [0.15, 0.2) is 5.65 Å². The second kappa shape index (κ2) is 10.1. The number of halogens is 1. The molecule has 1 saturated heterocycles. The van der Waals surface area contributed by atoms with E-state index in [2.05, 4.69) is 88.7 Å². The molecular formula is C32H30ClN5. The first kappa shape index (κ1) is 24.5. The van der Waals surface area contributed by atoms with E-state index in [4.69, 9.17) is 16.6 Å². The van der Waals surface area contributed by atoms with Crippen LogP contribution in [0.25, 0.3) is 16.7 Å². The van der Waals surface area contributed by atoms with Crippen molar-refractivity contribution in [2.24, 2.45) is 0 Å². The number of anilines is 1. The number of imidazole rings is 1. The van der Waals surface area contributed by atoms with E-state index in [0.29, 0.717) is 5.56 Å². The lowest BCUT2D eigenvalue weighted by Crippen LogP contribution is -2.48. The summed E-state index contributed by atoms with van der Waals surface area (Å²) >= 11 is 6.22. The molecule has 0 spiro atoms. The Morgan fingerprint density at radius 2 is 1.50 bits per heavy atom. The van der Waals surface area contributed by atoms with Crippen molar-refractivity contribution in [1.29, 1.82) is 5.26 Å². The van der Waals surface area contributed by atoms with E-state index < -0.39 is 0 Å². The Hall–Kier alpha value is -3.85. The monoisotopic (exact) mass is 519 g/mol. The smallest absolute Gasteiger partial charge is 0.157 e. The van der Waals surface area contributed by atoms with Crippen LogP contribution in [0.5, 0.6) is 0 Å². The Labute approximate surface area is 228 Å². The van der Waals surface area contributed by atoms with Gasteiger partial charge in [0.2, 0.25) is 0 Å². The highest BCUT2D eigenvalue weighted by Crippen LogP contribution is 2.35. The van der Waals surface area contributed by atoms with Crippen LogP contribution in [-0.4, -0.2) is 40.5 Å². The second-order valence-corrected chi connectivity index (χ2v) is 10.7. The molecule has 38 heavy (non-hydrogen) atoms. The fraction of sp³-hybridized carbons (Fsp3) is 0.250. The lowest BCUT2D eigenvalue weighted by atomic mass is 9.96. The van der Waals surface area contributed by atoms with Gasteiger partial charge < -0.3 is 4.90 Å². The SMILES string of the molecule is CC(C)c1cc(N2CCN(C(c3ccccc3)c3ccc(Cl)cc3)CC2)n2c(nc3ccccc32)c1C#N. The van der Waals surface area contributed by atoms with Gasteiger partial charge >= 0.3 is 0 Å². The molecule has 5 aromatic rings. The Morgan fingerprint density at radius 3 is 2.18 bits per heavy atom. The third-order valence-corrected chi connectivity index (χ3v) is 7.88. The van der Waals surface area contributed by atoms with Crippen LogP contribution >= 0.6 is 11.6 Å². The summed E-state index contributed by atoms with van der Waals surface area (Å²) in [6, 6.07) is 31.9. The quantitative estimate of drug-likeness (QED) is 0.249. The van der Waals surface area contributed by atoms with Crippen molar-refractivity contribution >= 4 is 34.1 Å². The molecule has 1 aliphatic rings. The Balaban J connectivity index is 1.38. The second-order valence-electron chi connectivity index (χ2n) is 10.2. The molecule has 0 radical (unpaired) electrons. The zero-order chi connectivity index (χ0) is 26.2. The van der Waals surface area contributed by atoms with Gasteiger partial charge in [0, 0.05) is 31.2 Å². The van der Waals surface area contributed by atoms with Crippen LogP contribution in [0, 0.1) is 11.3 Å². The lowest BCUT2D eigenvalue weighted by molar-refractivity contribution is 0.212. The number of para-hydroxylation sites is 2. The van der Waals surface area contributed by atoms with Gasteiger partial charge in [-0.2, -0.15) is 5.26 Å². The Morgan fingerprint density at radius 1 is 0.842 bits per heavy atom. The highest BCUT2D eigenvalue weighted by molar-refractivity contribution is 6.30. The number of rotatable bonds is 5. The summed E-state index contributed by atoms with van der Waals surface area (Å²) in [6.07, 6.45) is 0. The highest BCUT2D eigenvalue weighted by atomic mass is 35.5. The predicted octanol–water partition coefficient (Wildman–Crippen LogP) is 7.05. The maximum absolute atomic E-state index is 10.1. The minimum Gasteiger partial charge on any atom is -0.355 e. The normalized spacial score (nSPS) is 15.3. The predicted molar refractivity (Wildman–Crippen MR) is 155 cm³/mol. The average molecular weight is 520 g/mol. The van der Waals surface area contributed by atoms with Crippen molar-refractivity contribution in [3.05, 3.63) is 112 Å². The molecule has 0 saturated carbocycles. The van der Waals surface area contributed by atoms with Gasteiger partial charge in [0.05, 0.1) is 22.6 Å². The minimum atomic E-state index is 0.164. The van der Waals surface area contributed by atoms with Gasteiger partial charge in [-0.1, -0.05) is 80.0 Å². The van der Waals surface area contributed by atoms with Crippen LogP contribution in [0.4, 0.5) is 5.82 Å². The minimum absolute atomic E-state index is 0.164. The van der Waals surface area contributed by atoms with E-state index >= 15 is 0 Å². The maximum Gasteiger partial charge on any atom is 0.157 e. The fourth-order valence-electron chi connectivity index (χ4n) is 5.74. The number of nitriles is 1.